The zero-order valence-corrected chi connectivity index (χ0v) is 23.4. The molecule has 1 saturated carbocycles. The summed E-state index contributed by atoms with van der Waals surface area (Å²) in [7, 11) is -3.48. The predicted octanol–water partition coefficient (Wildman–Crippen LogP) is 3.23. The number of Topliss-reactive ketones (excluding diaryl/α,β-unsaturated/α-hetero) is 1. The number of amides is 1. The normalized spacial score (nSPS) is 21.9. The molecule has 1 aromatic carbocycles. The summed E-state index contributed by atoms with van der Waals surface area (Å²) in [4.78, 5) is 24.6. The number of primary amides is 1. The number of rotatable bonds is 6. The third-order valence-electron chi connectivity index (χ3n) is 6.37. The standard InChI is InChI=1S/C24H30N3O5S.Y/c1-24(2)13-21-19(22(28)14-24)10-11-27(21)16-6-9-18(23(25)29)20(12-16)26-15-4-7-17(8-5-15)32-33(3,30)31;/h6,9,11-12,15,17,26H,4-5,7-8,13-14H2,1-3H3,(H2,25,29);/q-1;. The van der Waals surface area contributed by atoms with Gasteiger partial charge in [0.1, 0.15) is 0 Å². The summed E-state index contributed by atoms with van der Waals surface area (Å²) in [6.07, 6.45) is 6.40. The monoisotopic (exact) mass is 561 g/mol. The molecule has 34 heavy (non-hydrogen) atoms. The Morgan fingerprint density at radius 1 is 1.21 bits per heavy atom. The molecule has 3 N–H and O–H groups in total. The molecule has 8 nitrogen and oxygen atoms in total. The Bertz CT molecular complexity index is 1200. The second-order valence-electron chi connectivity index (χ2n) is 9.92. The number of hydrogen-bond acceptors (Lipinski definition) is 6. The Morgan fingerprint density at radius 2 is 1.88 bits per heavy atom. The van der Waals surface area contributed by atoms with Gasteiger partial charge in [0.05, 0.1) is 23.7 Å². The molecule has 1 amide bonds. The summed E-state index contributed by atoms with van der Waals surface area (Å²) in [6, 6.07) is 8.56. The molecule has 1 heterocycles. The molecular weight excluding hydrogens is 531 g/mol. The number of ketones is 1. The first-order valence-corrected chi connectivity index (χ1v) is 13.0. The fourth-order valence-electron chi connectivity index (χ4n) is 4.88. The minimum atomic E-state index is -3.48. The Hall–Kier alpha value is -1.55. The number of hydrogen-bond donors (Lipinski definition) is 2. The van der Waals surface area contributed by atoms with Crippen molar-refractivity contribution in [3.05, 3.63) is 47.3 Å². The van der Waals surface area contributed by atoms with Gasteiger partial charge >= 0.3 is 0 Å². The Labute approximate surface area is 226 Å². The van der Waals surface area contributed by atoms with E-state index in [0.29, 0.717) is 48.9 Å². The topological polar surface area (TPSA) is 120 Å². The van der Waals surface area contributed by atoms with Crippen LogP contribution in [0.3, 0.4) is 0 Å². The molecule has 0 aliphatic heterocycles. The van der Waals surface area contributed by atoms with Gasteiger partial charge in [0.2, 0.25) is 0 Å². The van der Waals surface area contributed by atoms with Crippen LogP contribution in [0.2, 0.25) is 0 Å². The first-order valence-electron chi connectivity index (χ1n) is 11.2. The van der Waals surface area contributed by atoms with E-state index >= 15 is 0 Å². The van der Waals surface area contributed by atoms with Crippen LogP contribution in [0.1, 0.15) is 72.4 Å². The van der Waals surface area contributed by atoms with Gasteiger partial charge in [0, 0.05) is 50.1 Å². The fraction of sp³-hybridized carbons (Fsp3) is 0.500. The average molecular weight is 561 g/mol. The Morgan fingerprint density at radius 3 is 2.50 bits per heavy atom. The van der Waals surface area contributed by atoms with E-state index in [4.69, 9.17) is 9.92 Å². The largest absolute Gasteiger partial charge is 0.386 e. The number of nitrogens with zero attached hydrogens (tertiary/aromatic N) is 1. The van der Waals surface area contributed by atoms with E-state index in [2.05, 4.69) is 25.2 Å². The van der Waals surface area contributed by atoms with Crippen LogP contribution in [-0.2, 0) is 53.4 Å². The minimum Gasteiger partial charge on any atom is -0.386 e. The first kappa shape index (κ1) is 27.0. The Kier molecular flexibility index (Phi) is 8.12. The van der Waals surface area contributed by atoms with E-state index in [1.54, 1.807) is 12.3 Å². The quantitative estimate of drug-likeness (QED) is 0.413. The van der Waals surface area contributed by atoms with Gasteiger partial charge in [-0.2, -0.15) is 14.5 Å². The number of fused-ring (bicyclic) bond motifs is 1. The smallest absolute Gasteiger partial charge is 0.264 e. The maximum absolute atomic E-state index is 12.6. The second-order valence-corrected chi connectivity index (χ2v) is 11.5. The number of aromatic nitrogens is 1. The molecule has 4 rings (SSSR count). The molecule has 2 aromatic rings. The molecule has 0 bridgehead atoms. The maximum atomic E-state index is 12.6. The van der Waals surface area contributed by atoms with E-state index in [0.717, 1.165) is 24.1 Å². The van der Waals surface area contributed by atoms with Crippen LogP contribution in [0.15, 0.2) is 24.4 Å². The summed E-state index contributed by atoms with van der Waals surface area (Å²) in [5, 5.41) is 3.43. The third kappa shape index (κ3) is 6.17. The zero-order valence-electron chi connectivity index (χ0n) is 19.8. The maximum Gasteiger partial charge on any atom is 0.264 e. The van der Waals surface area contributed by atoms with E-state index in [1.165, 1.54) is 0 Å². The van der Waals surface area contributed by atoms with Crippen molar-refractivity contribution in [1.82, 2.24) is 4.57 Å². The number of nitrogens with two attached hydrogens (primary N) is 1. The fourth-order valence-corrected chi connectivity index (χ4v) is 5.57. The van der Waals surface area contributed by atoms with Crippen molar-refractivity contribution in [1.29, 1.82) is 0 Å². The van der Waals surface area contributed by atoms with Crippen molar-refractivity contribution in [2.24, 2.45) is 11.1 Å². The summed E-state index contributed by atoms with van der Waals surface area (Å²) < 4.78 is 29.9. The number of carbonyl (C=O) groups excluding carboxylic acids is 2. The van der Waals surface area contributed by atoms with Crippen LogP contribution in [0.25, 0.3) is 5.69 Å². The van der Waals surface area contributed by atoms with Gasteiger partial charge in [0.25, 0.3) is 16.0 Å². The van der Waals surface area contributed by atoms with Crippen LogP contribution in [0, 0.1) is 11.5 Å². The van der Waals surface area contributed by atoms with Gasteiger partial charge in [-0.15, -0.1) is 5.56 Å². The molecule has 0 unspecified atom stereocenters. The average Bonchev–Trinajstić information content (AvgIpc) is 3.11. The number of anilines is 1. The molecule has 2 aliphatic carbocycles. The van der Waals surface area contributed by atoms with Gasteiger partial charge in [-0.3, -0.25) is 8.98 Å². The zero-order chi connectivity index (χ0) is 24.0. The molecule has 10 heteroatoms. The van der Waals surface area contributed by atoms with Crippen LogP contribution >= 0.6 is 0 Å². The van der Waals surface area contributed by atoms with Crippen LogP contribution < -0.4 is 11.1 Å². The van der Waals surface area contributed by atoms with E-state index in [9.17, 15) is 18.0 Å². The SMILES string of the molecule is CC1(C)CC(=O)c2[c-]cn(-c3ccc(C(N)=O)c(NC4CCC(OS(C)(=O)=O)CC4)c3)c2C1.[Y]. The summed E-state index contributed by atoms with van der Waals surface area (Å²) in [6.45, 7) is 4.16. The van der Waals surface area contributed by atoms with E-state index < -0.39 is 16.0 Å². The van der Waals surface area contributed by atoms with Gasteiger partial charge in [0.15, 0.2) is 0 Å². The van der Waals surface area contributed by atoms with Crippen LogP contribution in [0.5, 0.6) is 0 Å². The summed E-state index contributed by atoms with van der Waals surface area (Å²) >= 11 is 0. The van der Waals surface area contributed by atoms with E-state index in [1.807, 2.05) is 16.7 Å². The molecular formula is C24H30N3O5SY-. The second kappa shape index (κ2) is 10.2. The summed E-state index contributed by atoms with van der Waals surface area (Å²) in [5.74, 6) is -0.435. The van der Waals surface area contributed by atoms with Crippen LogP contribution in [-0.4, -0.2) is 43.1 Å². The van der Waals surface area contributed by atoms with Crippen molar-refractivity contribution >= 4 is 27.5 Å². The molecule has 1 aromatic heterocycles. The molecule has 181 valence electrons. The number of nitrogens with one attached hydrogen (secondary N) is 1. The van der Waals surface area contributed by atoms with Crippen molar-refractivity contribution in [2.75, 3.05) is 11.6 Å². The minimum absolute atomic E-state index is 0. The van der Waals surface area contributed by atoms with Crippen LogP contribution in [0.4, 0.5) is 5.69 Å². The van der Waals surface area contributed by atoms with Crippen molar-refractivity contribution < 1.29 is 54.9 Å². The van der Waals surface area contributed by atoms with Crippen molar-refractivity contribution in [3.63, 3.8) is 0 Å². The molecule has 0 atom stereocenters. The molecule has 1 radical (unpaired) electrons. The van der Waals surface area contributed by atoms with Gasteiger partial charge in [-0.25, -0.2) is 0 Å². The van der Waals surface area contributed by atoms with Gasteiger partial charge < -0.3 is 20.4 Å². The molecule has 0 saturated heterocycles. The first-order chi connectivity index (χ1) is 15.4. The molecule has 1 fully saturated rings. The number of carbonyl (C=O) groups is 2. The van der Waals surface area contributed by atoms with Crippen molar-refractivity contribution in [2.45, 2.75) is 64.5 Å². The third-order valence-corrected chi connectivity index (χ3v) is 6.99. The van der Waals surface area contributed by atoms with Gasteiger partial charge in [-0.05, 0) is 55.7 Å². The molecule has 0 spiro atoms. The summed E-state index contributed by atoms with van der Waals surface area (Å²) in [5.41, 5.74) is 8.87. The van der Waals surface area contributed by atoms with E-state index in [-0.39, 0.29) is 56.1 Å². The van der Waals surface area contributed by atoms with Crippen molar-refractivity contribution in [3.8, 4) is 5.69 Å². The predicted molar refractivity (Wildman–Crippen MR) is 125 cm³/mol. The van der Waals surface area contributed by atoms with Gasteiger partial charge in [-0.1, -0.05) is 32.2 Å². The molecule has 2 aliphatic rings. The Balaban J connectivity index is 0.00000324. The number of benzene rings is 1.